The van der Waals surface area contributed by atoms with E-state index in [1.54, 1.807) is 42.4 Å². The predicted octanol–water partition coefficient (Wildman–Crippen LogP) is 3.78. The summed E-state index contributed by atoms with van der Waals surface area (Å²) in [7, 11) is 9.58. The van der Waals surface area contributed by atoms with E-state index in [0.29, 0.717) is 11.5 Å². The summed E-state index contributed by atoms with van der Waals surface area (Å²) in [6.07, 6.45) is 0.375. The van der Waals surface area contributed by atoms with Gasteiger partial charge in [0.05, 0.1) is 36.6 Å². The van der Waals surface area contributed by atoms with Crippen LogP contribution in [0.3, 0.4) is 0 Å². The fourth-order valence-corrected chi connectivity index (χ4v) is 15.0. The SMILES string of the molecule is COc1ccc(C2SC3(CO)C(=O)N(C)C(Cc4ccc(CC56SC(c7ccc(OC)cc7)SC(CO)(C(=O)N5C)N(C)C6=O)cc4)(S2)C(=O)N3C)cc1. The van der Waals surface area contributed by atoms with Crippen LogP contribution >= 0.6 is 47.0 Å². The molecule has 6 aliphatic heterocycles. The summed E-state index contributed by atoms with van der Waals surface area (Å²) in [5.74, 6) is 0.0982. The third-order valence-electron chi connectivity index (χ3n) is 11.0. The molecule has 9 rings (SSSR count). The molecule has 2 N–H and O–H groups in total. The zero-order chi connectivity index (χ0) is 38.8. The average Bonchev–Trinajstić information content (AvgIpc) is 3.46. The lowest BCUT2D eigenvalue weighted by Crippen LogP contribution is -2.73. The van der Waals surface area contributed by atoms with Crippen molar-refractivity contribution in [3.8, 4) is 11.5 Å². The zero-order valence-corrected chi connectivity index (χ0v) is 33.9. The van der Waals surface area contributed by atoms with Crippen LogP contribution in [0.15, 0.2) is 72.8 Å². The number of aliphatic hydroxyl groups is 2. The molecule has 6 unspecified atom stereocenters. The number of carbonyl (C=O) groups excluding carboxylic acids is 4. The van der Waals surface area contributed by atoms with Crippen molar-refractivity contribution in [1.29, 1.82) is 0 Å². The molecule has 3 aromatic carbocycles. The van der Waals surface area contributed by atoms with Crippen molar-refractivity contribution in [2.45, 2.75) is 41.5 Å². The first kappa shape index (κ1) is 38.7. The van der Waals surface area contributed by atoms with Crippen molar-refractivity contribution in [2.75, 3.05) is 55.6 Å². The van der Waals surface area contributed by atoms with Crippen molar-refractivity contribution < 1.29 is 38.9 Å². The summed E-state index contributed by atoms with van der Waals surface area (Å²) in [5.41, 5.74) is 3.34. The molecular weight excluding hydrogens is 769 g/mol. The highest BCUT2D eigenvalue weighted by Gasteiger charge is 2.67. The highest BCUT2D eigenvalue weighted by atomic mass is 32.2. The maximum atomic E-state index is 14.4. The van der Waals surface area contributed by atoms with E-state index in [9.17, 15) is 29.4 Å². The van der Waals surface area contributed by atoms with E-state index < -0.39 is 32.7 Å². The Morgan fingerprint density at radius 2 is 0.778 bits per heavy atom. The largest absolute Gasteiger partial charge is 0.497 e. The lowest BCUT2D eigenvalue weighted by Gasteiger charge is -2.51. The number of fused-ring (bicyclic) bond motifs is 8. The molecule has 0 aliphatic carbocycles. The van der Waals surface area contributed by atoms with E-state index in [-0.39, 0.29) is 45.6 Å². The first-order valence-corrected chi connectivity index (χ1v) is 20.7. The van der Waals surface area contributed by atoms with Gasteiger partial charge in [0.1, 0.15) is 11.5 Å². The summed E-state index contributed by atoms with van der Waals surface area (Å²) in [6.45, 7) is -1.08. The molecule has 6 fully saturated rings. The minimum Gasteiger partial charge on any atom is -0.497 e. The van der Waals surface area contributed by atoms with Gasteiger partial charge in [0, 0.05) is 41.0 Å². The topological polar surface area (TPSA) is 140 Å². The quantitative estimate of drug-likeness (QED) is 0.308. The molecule has 6 atom stereocenters. The van der Waals surface area contributed by atoms with Crippen molar-refractivity contribution in [2.24, 2.45) is 0 Å². The van der Waals surface area contributed by atoms with E-state index in [1.165, 1.54) is 66.6 Å². The molecule has 3 aromatic rings. The van der Waals surface area contributed by atoms with Gasteiger partial charge in [0.25, 0.3) is 23.6 Å². The van der Waals surface area contributed by atoms with Crippen molar-refractivity contribution >= 4 is 70.7 Å². The molecule has 12 nitrogen and oxygen atoms in total. The van der Waals surface area contributed by atoms with Crippen molar-refractivity contribution in [3.63, 3.8) is 0 Å². The van der Waals surface area contributed by atoms with Gasteiger partial charge in [-0.05, 0) is 46.5 Å². The Hall–Kier alpha value is -3.54. The van der Waals surface area contributed by atoms with Gasteiger partial charge < -0.3 is 39.3 Å². The van der Waals surface area contributed by atoms with Crippen LogP contribution in [0.25, 0.3) is 0 Å². The Morgan fingerprint density at radius 1 is 0.500 bits per heavy atom. The van der Waals surface area contributed by atoms with E-state index in [2.05, 4.69) is 0 Å². The van der Waals surface area contributed by atoms with Crippen molar-refractivity contribution in [1.82, 2.24) is 19.6 Å². The van der Waals surface area contributed by atoms with Crippen LogP contribution in [0.2, 0.25) is 0 Å². The van der Waals surface area contributed by atoms with Gasteiger partial charge in [0.15, 0.2) is 19.5 Å². The van der Waals surface area contributed by atoms with E-state index in [1.807, 2.05) is 72.8 Å². The second-order valence-electron chi connectivity index (χ2n) is 13.8. The van der Waals surface area contributed by atoms with Crippen LogP contribution in [0, 0.1) is 0 Å². The maximum Gasteiger partial charge on any atom is 0.262 e. The minimum absolute atomic E-state index is 0.188. The third-order valence-corrected chi connectivity index (χ3v) is 18.0. The fraction of sp³-hybridized carbons (Fsp3) is 0.421. The number of rotatable bonds is 10. The van der Waals surface area contributed by atoms with Crippen LogP contribution in [0.4, 0.5) is 0 Å². The lowest BCUT2D eigenvalue weighted by molar-refractivity contribution is -0.164. The van der Waals surface area contributed by atoms with E-state index in [0.717, 1.165) is 22.3 Å². The zero-order valence-electron chi connectivity index (χ0n) is 30.7. The normalized spacial score (nSPS) is 30.9. The molecule has 4 bridgehead atoms. The Kier molecular flexibility index (Phi) is 10.2. The average molecular weight is 811 g/mol. The van der Waals surface area contributed by atoms with Gasteiger partial charge in [-0.3, -0.25) is 19.2 Å². The van der Waals surface area contributed by atoms with Gasteiger partial charge in [-0.15, -0.1) is 47.0 Å². The number of methoxy groups -OCH3 is 2. The van der Waals surface area contributed by atoms with Gasteiger partial charge in [-0.2, -0.15) is 0 Å². The molecular formula is C38H42N4O8S4. The van der Waals surface area contributed by atoms with E-state index >= 15 is 0 Å². The number of nitrogens with zero attached hydrogens (tertiary/aromatic N) is 4. The monoisotopic (exact) mass is 810 g/mol. The number of carbonyl (C=O) groups is 4. The number of hydrogen-bond donors (Lipinski definition) is 2. The second kappa shape index (κ2) is 14.2. The lowest BCUT2D eigenvalue weighted by atomic mass is 9.94. The molecule has 16 heteroatoms. The molecule has 4 amide bonds. The maximum absolute atomic E-state index is 14.4. The van der Waals surface area contributed by atoms with Gasteiger partial charge in [-0.1, -0.05) is 48.5 Å². The van der Waals surface area contributed by atoms with Gasteiger partial charge in [-0.25, -0.2) is 0 Å². The second-order valence-corrected chi connectivity index (χ2v) is 19.9. The molecule has 54 heavy (non-hydrogen) atoms. The number of thioether (sulfide) groups is 4. The Balaban J connectivity index is 1.22. The minimum atomic E-state index is -1.48. The Labute approximate surface area is 331 Å². The van der Waals surface area contributed by atoms with Gasteiger partial charge in [0.2, 0.25) is 0 Å². The van der Waals surface area contributed by atoms with E-state index in [4.69, 9.17) is 9.47 Å². The molecule has 0 saturated carbocycles. The van der Waals surface area contributed by atoms with Crippen LogP contribution in [-0.2, 0) is 32.0 Å². The first-order chi connectivity index (χ1) is 25.8. The highest BCUT2D eigenvalue weighted by molar-refractivity contribution is 8.19. The molecule has 6 aliphatic rings. The summed E-state index contributed by atoms with van der Waals surface area (Å²) in [5, 5.41) is 21.3. The van der Waals surface area contributed by atoms with Gasteiger partial charge >= 0.3 is 0 Å². The van der Waals surface area contributed by atoms with Crippen LogP contribution in [0.5, 0.6) is 11.5 Å². The standard InChI is InChI=1S/C38H42N4O8S4/c1-39-33(47)37(21-43)41(3)31(45)35(39,51-29(53-37)25-11-15-27(49-5)16-12-25)19-23-7-9-24(10-8-23)20-36-32(46)42(4)38(22-44,34(48)40(36)2)54-30(52-36)26-13-17-28(50-6)18-14-26/h7-18,29-30,43-44H,19-22H2,1-6H3. The molecule has 0 spiro atoms. The Morgan fingerprint density at radius 3 is 1.07 bits per heavy atom. The number of hydrogen-bond acceptors (Lipinski definition) is 12. The van der Waals surface area contributed by atoms with Crippen molar-refractivity contribution in [3.05, 3.63) is 95.1 Å². The molecule has 6 heterocycles. The summed E-state index contributed by atoms with van der Waals surface area (Å²) in [4.78, 5) is 57.2. The first-order valence-electron chi connectivity index (χ1n) is 17.2. The smallest absolute Gasteiger partial charge is 0.262 e. The molecule has 0 radical (unpaired) electrons. The highest BCUT2D eigenvalue weighted by Crippen LogP contribution is 2.62. The molecule has 286 valence electrons. The van der Waals surface area contributed by atoms with Crippen LogP contribution < -0.4 is 9.47 Å². The molecule has 0 aromatic heterocycles. The number of benzene rings is 3. The summed E-state index contributed by atoms with van der Waals surface area (Å²) < 4.78 is 9.96. The number of piperazine rings is 2. The fourth-order valence-electron chi connectivity index (χ4n) is 7.57. The molecule has 6 saturated heterocycles. The Bertz CT molecular complexity index is 1830. The predicted molar refractivity (Wildman–Crippen MR) is 212 cm³/mol. The number of aliphatic hydroxyl groups excluding tert-OH is 2. The summed E-state index contributed by atoms with van der Waals surface area (Å²) >= 11 is 5.30. The number of amides is 4. The third kappa shape index (κ3) is 5.69. The number of ether oxygens (including phenoxy) is 2. The van der Waals surface area contributed by atoms with Crippen LogP contribution in [-0.4, -0.2) is 129 Å². The summed E-state index contributed by atoms with van der Waals surface area (Å²) in [6, 6.07) is 22.6. The van der Waals surface area contributed by atoms with Crippen LogP contribution in [0.1, 0.15) is 31.4 Å². The number of likely N-dealkylation sites (N-methyl/N-ethyl adjacent to an activating group) is 4.